The van der Waals surface area contributed by atoms with Crippen LogP contribution in [-0.4, -0.2) is 153 Å². The first-order valence-electron chi connectivity index (χ1n) is 15.8. The van der Waals surface area contributed by atoms with E-state index in [9.17, 15) is 51.4 Å². The average molecular weight is 719 g/mol. The minimum atomic E-state index is -1.69. The van der Waals surface area contributed by atoms with E-state index in [2.05, 4.69) is 9.78 Å². The van der Waals surface area contributed by atoms with Crippen LogP contribution in [0.3, 0.4) is 0 Å². The Balaban J connectivity index is 1.69. The second kappa shape index (κ2) is 18.5. The van der Waals surface area contributed by atoms with Crippen LogP contribution in [0.25, 0.3) is 0 Å². The Labute approximate surface area is 286 Å². The largest absolute Gasteiger partial charge is 0.493 e. The molecule has 2 aromatic carbocycles. The third kappa shape index (κ3) is 9.29. The van der Waals surface area contributed by atoms with Gasteiger partial charge in [0.2, 0.25) is 11.5 Å². The van der Waals surface area contributed by atoms with Gasteiger partial charge in [0.05, 0.1) is 40.6 Å². The average Bonchev–Trinajstić information content (AvgIpc) is 3.14. The molecule has 10 N–H and O–H groups in total. The van der Waals surface area contributed by atoms with Crippen LogP contribution in [0.1, 0.15) is 11.1 Å². The van der Waals surface area contributed by atoms with E-state index in [1.54, 1.807) is 24.3 Å². The summed E-state index contributed by atoms with van der Waals surface area (Å²) in [4.78, 5) is 8.76. The summed E-state index contributed by atoms with van der Waals surface area (Å²) < 4.78 is 33.8. The van der Waals surface area contributed by atoms with Crippen LogP contribution in [0.5, 0.6) is 23.0 Å². The molecule has 282 valence electrons. The number of hydrogen-bond acceptors (Lipinski definition) is 18. The maximum atomic E-state index is 10.7. The molecule has 50 heavy (non-hydrogen) atoms. The first kappa shape index (κ1) is 39.9. The quantitative estimate of drug-likeness (QED) is 0.0629. The molecule has 2 saturated heterocycles. The predicted octanol–water partition coefficient (Wildman–Crippen LogP) is -1.94. The van der Waals surface area contributed by atoms with Crippen LogP contribution in [0.2, 0.25) is 0 Å². The van der Waals surface area contributed by atoms with Gasteiger partial charge in [0.15, 0.2) is 24.1 Å². The summed E-state index contributed by atoms with van der Waals surface area (Å²) in [6.07, 6.45) is -14.9. The summed E-state index contributed by atoms with van der Waals surface area (Å²) in [6.45, 7) is -1.72. The smallest absolute Gasteiger partial charge is 0.206 e. The SMILES string of the molecule is COc1cc(C[C@H](CO[C@@H]2O[C@H](CO)[C@@H](O)[C@H](O)[C@H]2O)[C@@H](CO[C@@H]2O[C@H](CO)[C@@H](O)[C@H](O)[C@H]2O)Cc2ccc(OO)c(OC)c2)ccc1OO. The summed E-state index contributed by atoms with van der Waals surface area (Å²) in [6, 6.07) is 9.47. The van der Waals surface area contributed by atoms with Gasteiger partial charge in [-0.05, 0) is 60.1 Å². The topological polar surface area (TPSA) is 276 Å². The molecule has 18 heteroatoms. The number of ether oxygens (including phenoxy) is 6. The van der Waals surface area contributed by atoms with Gasteiger partial charge in [-0.15, -0.1) is 0 Å². The summed E-state index contributed by atoms with van der Waals surface area (Å²) in [5.74, 6) is -0.665. The van der Waals surface area contributed by atoms with Crippen molar-refractivity contribution >= 4 is 0 Å². The Kier molecular flexibility index (Phi) is 14.8. The third-order valence-corrected chi connectivity index (χ3v) is 8.96. The summed E-state index contributed by atoms with van der Waals surface area (Å²) in [5.41, 5.74) is 1.31. The molecule has 2 aliphatic heterocycles. The maximum absolute atomic E-state index is 10.7. The van der Waals surface area contributed by atoms with Crippen LogP contribution in [0.4, 0.5) is 0 Å². The van der Waals surface area contributed by atoms with Gasteiger partial charge in [0, 0.05) is 0 Å². The normalized spacial score (nSPS) is 31.1. The molecule has 4 rings (SSSR count). The van der Waals surface area contributed by atoms with Gasteiger partial charge in [-0.1, -0.05) is 12.1 Å². The number of aliphatic hydroxyl groups excluding tert-OH is 8. The first-order valence-corrected chi connectivity index (χ1v) is 15.8. The molecule has 0 unspecified atom stereocenters. The predicted molar refractivity (Wildman–Crippen MR) is 166 cm³/mol. The summed E-state index contributed by atoms with van der Waals surface area (Å²) in [7, 11) is 2.76. The second-order valence-electron chi connectivity index (χ2n) is 12.1. The van der Waals surface area contributed by atoms with Crippen molar-refractivity contribution in [3.63, 3.8) is 0 Å². The number of aliphatic hydroxyl groups is 8. The van der Waals surface area contributed by atoms with E-state index in [-0.39, 0.29) is 49.1 Å². The fourth-order valence-electron chi connectivity index (χ4n) is 6.00. The van der Waals surface area contributed by atoms with E-state index in [1.807, 2.05) is 0 Å². The molecule has 2 fully saturated rings. The van der Waals surface area contributed by atoms with Gasteiger partial charge < -0.3 is 79.0 Å². The first-order chi connectivity index (χ1) is 24.0. The van der Waals surface area contributed by atoms with E-state index >= 15 is 0 Å². The van der Waals surface area contributed by atoms with E-state index in [0.29, 0.717) is 11.1 Å². The van der Waals surface area contributed by atoms with Gasteiger partial charge in [0.1, 0.15) is 48.8 Å². The highest BCUT2D eigenvalue weighted by Gasteiger charge is 2.46. The van der Waals surface area contributed by atoms with E-state index in [0.717, 1.165) is 0 Å². The van der Waals surface area contributed by atoms with Crippen molar-refractivity contribution < 1.29 is 89.6 Å². The number of methoxy groups -OCH3 is 2. The number of hydrogen-bond donors (Lipinski definition) is 10. The van der Waals surface area contributed by atoms with Crippen LogP contribution in [0, 0.1) is 11.8 Å². The lowest BCUT2D eigenvalue weighted by molar-refractivity contribution is -0.308. The highest BCUT2D eigenvalue weighted by molar-refractivity contribution is 5.43. The minimum Gasteiger partial charge on any atom is -0.493 e. The molecule has 2 aromatic rings. The number of rotatable bonds is 17. The summed E-state index contributed by atoms with van der Waals surface area (Å²) in [5, 5.41) is 100. The van der Waals surface area contributed by atoms with Gasteiger partial charge in [-0.2, -0.15) is 0 Å². The number of benzene rings is 2. The molecule has 0 spiro atoms. The molecule has 0 aromatic heterocycles. The van der Waals surface area contributed by atoms with Gasteiger partial charge in [-0.25, -0.2) is 10.5 Å². The molecule has 2 heterocycles. The summed E-state index contributed by atoms with van der Waals surface area (Å²) >= 11 is 0. The van der Waals surface area contributed by atoms with Crippen molar-refractivity contribution in [2.75, 3.05) is 40.6 Å². The molecule has 18 nitrogen and oxygen atoms in total. The Morgan fingerprint density at radius 1 is 0.560 bits per heavy atom. The standard InChI is InChI=1S/C32H46O18/c1-43-21-9-15(3-5-19(21)49-41)7-17(13-45-31-29(39)27(37)25(35)23(11-33)47-31)18(8-16-4-6-20(50-42)22(10-16)44-2)14-46-32-30(40)28(38)26(36)24(12-34)48-32/h3-6,9-10,17-18,23-42H,7-8,11-14H2,1-2H3/t17-,18-,23-,24-,25-,26-,27+,28+,29-,30-,31-,32-/m1/s1. The van der Waals surface area contributed by atoms with E-state index in [1.165, 1.54) is 26.4 Å². The molecule has 2 aliphatic rings. The Bertz CT molecular complexity index is 1230. The fraction of sp³-hybridized carbons (Fsp3) is 0.625. The maximum Gasteiger partial charge on any atom is 0.206 e. The van der Waals surface area contributed by atoms with Crippen LogP contribution in [-0.2, 0) is 31.8 Å². The van der Waals surface area contributed by atoms with Crippen LogP contribution < -0.4 is 19.2 Å². The molecular weight excluding hydrogens is 672 g/mol. The molecule has 0 amide bonds. The van der Waals surface area contributed by atoms with Crippen LogP contribution >= 0.6 is 0 Å². The van der Waals surface area contributed by atoms with Crippen LogP contribution in [0.15, 0.2) is 36.4 Å². The Hall–Kier alpha value is -2.92. The molecular formula is C32H46O18. The molecule has 12 atom stereocenters. The lowest BCUT2D eigenvalue weighted by Crippen LogP contribution is -2.59. The zero-order valence-electron chi connectivity index (χ0n) is 27.4. The van der Waals surface area contributed by atoms with E-state index in [4.69, 9.17) is 28.4 Å². The zero-order chi connectivity index (χ0) is 36.5. The van der Waals surface area contributed by atoms with Crippen molar-refractivity contribution in [2.24, 2.45) is 11.8 Å². The van der Waals surface area contributed by atoms with Crippen molar-refractivity contribution in [1.29, 1.82) is 0 Å². The molecule has 0 radical (unpaired) electrons. The Morgan fingerprint density at radius 3 is 1.26 bits per heavy atom. The lowest BCUT2D eigenvalue weighted by atomic mass is 9.83. The van der Waals surface area contributed by atoms with Crippen molar-refractivity contribution in [2.45, 2.75) is 74.3 Å². The Morgan fingerprint density at radius 2 is 0.940 bits per heavy atom. The van der Waals surface area contributed by atoms with Crippen molar-refractivity contribution in [3.05, 3.63) is 47.5 Å². The monoisotopic (exact) mass is 718 g/mol. The third-order valence-electron chi connectivity index (χ3n) is 8.96. The van der Waals surface area contributed by atoms with Gasteiger partial charge in [0.25, 0.3) is 0 Å². The van der Waals surface area contributed by atoms with Crippen molar-refractivity contribution in [3.8, 4) is 23.0 Å². The van der Waals surface area contributed by atoms with Gasteiger partial charge >= 0.3 is 0 Å². The highest BCUT2D eigenvalue weighted by Crippen LogP contribution is 2.34. The van der Waals surface area contributed by atoms with Crippen molar-refractivity contribution in [1.82, 2.24) is 0 Å². The lowest BCUT2D eigenvalue weighted by Gasteiger charge is -2.41. The van der Waals surface area contributed by atoms with Gasteiger partial charge in [-0.3, -0.25) is 0 Å². The second-order valence-corrected chi connectivity index (χ2v) is 12.1. The highest BCUT2D eigenvalue weighted by atomic mass is 17.1. The molecule has 0 bridgehead atoms. The van der Waals surface area contributed by atoms with E-state index < -0.39 is 86.5 Å². The fourth-order valence-corrected chi connectivity index (χ4v) is 6.00. The molecule has 0 aliphatic carbocycles. The zero-order valence-corrected chi connectivity index (χ0v) is 27.4. The minimum absolute atomic E-state index is 0.0474. The molecule has 0 saturated carbocycles.